The highest BCUT2D eigenvalue weighted by Crippen LogP contribution is 2.48. The molecule has 34 heavy (non-hydrogen) atoms. The number of carbonyl (C=O) groups is 1. The minimum absolute atomic E-state index is 0.0578. The smallest absolute Gasteiger partial charge is 0.317 e. The van der Waals surface area contributed by atoms with Crippen LogP contribution in [0, 0.1) is 5.92 Å². The maximum atomic E-state index is 13.7. The average molecular weight is 488 g/mol. The standard InChI is InChI=1S/C25H32F2N5OP/c1-28-24(19-8-3-2-4-9-19)12-10-23(11-13-24)17-31(22(33)32(23)16-18-6-5-7-18)20-14-29-21(30-15-20)25(26,27)34/h2-4,8-9,14-15,18,28H,5-7,10-13,16-17,34H2,1H3/t23-,24+. The van der Waals surface area contributed by atoms with Crippen molar-refractivity contribution in [2.75, 3.05) is 25.0 Å². The van der Waals surface area contributed by atoms with Crippen LogP contribution in [0.25, 0.3) is 0 Å². The summed E-state index contributed by atoms with van der Waals surface area (Å²) in [5.41, 5.74) is -1.82. The molecule has 0 radical (unpaired) electrons. The van der Waals surface area contributed by atoms with Crippen molar-refractivity contribution in [1.82, 2.24) is 20.2 Å². The molecule has 9 heteroatoms. The van der Waals surface area contributed by atoms with E-state index in [2.05, 4.69) is 44.5 Å². The van der Waals surface area contributed by atoms with Crippen molar-refractivity contribution in [2.45, 2.75) is 61.7 Å². The van der Waals surface area contributed by atoms with Crippen LogP contribution in [0.1, 0.15) is 56.3 Å². The molecule has 1 spiro atoms. The van der Waals surface area contributed by atoms with Gasteiger partial charge in [-0.15, -0.1) is 0 Å². The lowest BCUT2D eigenvalue weighted by Crippen LogP contribution is -2.56. The number of urea groups is 1. The molecule has 0 bridgehead atoms. The number of alkyl halides is 2. The van der Waals surface area contributed by atoms with E-state index in [-0.39, 0.29) is 17.1 Å². The molecule has 1 aromatic heterocycles. The van der Waals surface area contributed by atoms with Gasteiger partial charge >= 0.3 is 11.7 Å². The van der Waals surface area contributed by atoms with E-state index in [1.54, 1.807) is 4.90 Å². The monoisotopic (exact) mass is 487 g/mol. The number of halogens is 2. The Morgan fingerprint density at radius 2 is 1.76 bits per heavy atom. The summed E-state index contributed by atoms with van der Waals surface area (Å²) in [6.07, 6.45) is 9.83. The number of benzene rings is 1. The molecule has 1 saturated heterocycles. The summed E-state index contributed by atoms with van der Waals surface area (Å²) in [5, 5.41) is 3.58. The van der Waals surface area contributed by atoms with Gasteiger partial charge in [0.1, 0.15) is 0 Å². The molecule has 1 unspecified atom stereocenters. The van der Waals surface area contributed by atoms with E-state index in [9.17, 15) is 13.6 Å². The molecule has 182 valence electrons. The maximum Gasteiger partial charge on any atom is 0.325 e. The van der Waals surface area contributed by atoms with Crippen molar-refractivity contribution in [2.24, 2.45) is 5.92 Å². The van der Waals surface area contributed by atoms with Crippen LogP contribution in [-0.2, 0) is 11.2 Å². The third kappa shape index (κ3) is 4.09. The van der Waals surface area contributed by atoms with Crippen molar-refractivity contribution in [1.29, 1.82) is 0 Å². The van der Waals surface area contributed by atoms with Gasteiger partial charge in [-0.2, -0.15) is 8.78 Å². The summed E-state index contributed by atoms with van der Waals surface area (Å²) >= 11 is 0. The van der Waals surface area contributed by atoms with Gasteiger partial charge in [0, 0.05) is 12.1 Å². The molecular weight excluding hydrogens is 455 g/mol. The van der Waals surface area contributed by atoms with Gasteiger partial charge in [-0.05, 0) is 57.1 Å². The molecule has 5 rings (SSSR count). The highest BCUT2D eigenvalue weighted by atomic mass is 31.0. The lowest BCUT2D eigenvalue weighted by Gasteiger charge is -2.49. The SMILES string of the molecule is CN[C@]1(c2ccccc2)CC[C@]2(CC1)CN(c1cnc(C(F)(F)P)nc1)C(=O)N2CC1CCC1. The highest BCUT2D eigenvalue weighted by molar-refractivity contribution is 7.17. The predicted molar refractivity (Wildman–Crippen MR) is 131 cm³/mol. The second-order valence-corrected chi connectivity index (χ2v) is 10.8. The molecule has 6 nitrogen and oxygen atoms in total. The summed E-state index contributed by atoms with van der Waals surface area (Å²) in [6, 6.07) is 10.5. The normalized spacial score (nSPS) is 27.9. The molecule has 3 fully saturated rings. The van der Waals surface area contributed by atoms with Gasteiger partial charge in [0.2, 0.25) is 5.82 Å². The summed E-state index contributed by atoms with van der Waals surface area (Å²) in [4.78, 5) is 25.1. The van der Waals surface area contributed by atoms with Gasteiger partial charge in [-0.25, -0.2) is 14.8 Å². The Labute approximate surface area is 201 Å². The van der Waals surface area contributed by atoms with E-state index in [1.807, 2.05) is 13.1 Å². The van der Waals surface area contributed by atoms with Crippen molar-refractivity contribution >= 4 is 21.0 Å². The van der Waals surface area contributed by atoms with Gasteiger partial charge in [0.25, 0.3) is 0 Å². The third-order valence-electron chi connectivity index (χ3n) is 8.24. The quantitative estimate of drug-likeness (QED) is 0.591. The molecule has 2 saturated carbocycles. The van der Waals surface area contributed by atoms with E-state index < -0.39 is 11.5 Å². The fraction of sp³-hybridized carbons (Fsp3) is 0.560. The summed E-state index contributed by atoms with van der Waals surface area (Å²) in [5.74, 6) is -0.0198. The zero-order valence-electron chi connectivity index (χ0n) is 19.5. The van der Waals surface area contributed by atoms with Crippen LogP contribution in [0.2, 0.25) is 0 Å². The number of rotatable bonds is 6. The first kappa shape index (κ1) is 23.6. The molecule has 1 aliphatic heterocycles. The van der Waals surface area contributed by atoms with Crippen LogP contribution in [-0.4, -0.2) is 46.6 Å². The molecule has 2 aromatic rings. The Morgan fingerprint density at radius 3 is 2.29 bits per heavy atom. The van der Waals surface area contributed by atoms with Crippen molar-refractivity contribution < 1.29 is 13.6 Å². The molecule has 2 aliphatic carbocycles. The van der Waals surface area contributed by atoms with Gasteiger partial charge < -0.3 is 10.2 Å². The van der Waals surface area contributed by atoms with Gasteiger partial charge in [-0.1, -0.05) is 46.0 Å². The minimum atomic E-state index is -3.19. The van der Waals surface area contributed by atoms with Crippen molar-refractivity contribution in [3.05, 3.63) is 54.1 Å². The van der Waals surface area contributed by atoms with Gasteiger partial charge in [0.05, 0.1) is 30.2 Å². The van der Waals surface area contributed by atoms with Crippen molar-refractivity contribution in [3.8, 4) is 0 Å². The Bertz CT molecular complexity index is 1020. The lowest BCUT2D eigenvalue weighted by molar-refractivity contribution is 0.0592. The van der Waals surface area contributed by atoms with Crippen LogP contribution in [0.5, 0.6) is 0 Å². The molecule has 1 aromatic carbocycles. The second-order valence-electron chi connectivity index (χ2n) is 10.1. The second kappa shape index (κ2) is 8.80. The lowest BCUT2D eigenvalue weighted by atomic mass is 9.68. The van der Waals surface area contributed by atoms with E-state index in [1.165, 1.54) is 33.6 Å². The van der Waals surface area contributed by atoms with Gasteiger partial charge in [-0.3, -0.25) is 4.90 Å². The largest absolute Gasteiger partial charge is 0.325 e. The number of aromatic nitrogens is 2. The van der Waals surface area contributed by atoms with E-state index >= 15 is 0 Å². The first-order valence-corrected chi connectivity index (χ1v) is 12.7. The molecule has 1 N–H and O–H groups in total. The number of nitrogens with zero attached hydrogens (tertiary/aromatic N) is 4. The Kier molecular flexibility index (Phi) is 6.09. The molecule has 2 amide bonds. The number of hydrogen-bond acceptors (Lipinski definition) is 4. The predicted octanol–water partition coefficient (Wildman–Crippen LogP) is 4.87. The number of hydrogen-bond donors (Lipinski definition) is 1. The average Bonchev–Trinajstić information content (AvgIpc) is 3.08. The third-order valence-corrected chi connectivity index (χ3v) is 8.50. The highest BCUT2D eigenvalue weighted by Gasteiger charge is 2.54. The maximum absolute atomic E-state index is 13.7. The molecule has 3 aliphatic rings. The minimum Gasteiger partial charge on any atom is -0.317 e. The first-order chi connectivity index (χ1) is 16.3. The van der Waals surface area contributed by atoms with Gasteiger partial charge in [0.15, 0.2) is 0 Å². The number of carbonyl (C=O) groups excluding carboxylic acids is 1. The summed E-state index contributed by atoms with van der Waals surface area (Å²) in [7, 11) is 3.47. The van der Waals surface area contributed by atoms with Crippen LogP contribution in [0.3, 0.4) is 0 Å². The molecule has 1 atom stereocenters. The zero-order valence-corrected chi connectivity index (χ0v) is 20.7. The fourth-order valence-corrected chi connectivity index (χ4v) is 6.00. The van der Waals surface area contributed by atoms with E-state index in [0.29, 0.717) is 18.2 Å². The van der Waals surface area contributed by atoms with Crippen LogP contribution in [0.15, 0.2) is 42.7 Å². The Hall–Kier alpha value is -2.18. The van der Waals surface area contributed by atoms with Crippen LogP contribution >= 0.6 is 9.24 Å². The first-order valence-electron chi connectivity index (χ1n) is 12.1. The Morgan fingerprint density at radius 1 is 1.12 bits per heavy atom. The summed E-state index contributed by atoms with van der Waals surface area (Å²) in [6.45, 7) is 1.29. The Balaban J connectivity index is 1.42. The number of nitrogens with one attached hydrogen (secondary N) is 1. The molecule has 2 heterocycles. The fourth-order valence-electron chi connectivity index (χ4n) is 5.85. The number of amides is 2. The zero-order chi connectivity index (χ0) is 24.0. The van der Waals surface area contributed by atoms with Crippen molar-refractivity contribution in [3.63, 3.8) is 0 Å². The van der Waals surface area contributed by atoms with E-state index in [4.69, 9.17) is 0 Å². The van der Waals surface area contributed by atoms with Crippen LogP contribution in [0.4, 0.5) is 19.3 Å². The van der Waals surface area contributed by atoms with Crippen LogP contribution < -0.4 is 10.2 Å². The van der Waals surface area contributed by atoms with E-state index in [0.717, 1.165) is 45.1 Å². The molecular formula is C25H32F2N5OP. The summed E-state index contributed by atoms with van der Waals surface area (Å²) < 4.78 is 27.1. The topological polar surface area (TPSA) is 61.4 Å². The number of anilines is 1.